The zero-order valence-electron chi connectivity index (χ0n) is 8.03. The van der Waals surface area contributed by atoms with E-state index in [-0.39, 0.29) is 6.04 Å². The van der Waals surface area contributed by atoms with Crippen LogP contribution in [-0.2, 0) is 6.42 Å². The van der Waals surface area contributed by atoms with E-state index in [4.69, 9.17) is 5.73 Å². The molecule has 0 fully saturated rings. The Morgan fingerprint density at radius 2 is 1.86 bits per heavy atom. The quantitative estimate of drug-likeness (QED) is 0.667. The second-order valence-electron chi connectivity index (χ2n) is 4.01. The molecule has 0 amide bonds. The van der Waals surface area contributed by atoms with Gasteiger partial charge in [-0.3, -0.25) is 0 Å². The van der Waals surface area contributed by atoms with Crippen molar-refractivity contribution in [3.63, 3.8) is 0 Å². The largest absolute Gasteiger partial charge is 0.324 e. The minimum absolute atomic E-state index is 0.230. The molecule has 0 aliphatic heterocycles. The lowest BCUT2D eigenvalue weighted by Crippen LogP contribution is -2.16. The molecule has 2 aromatic carbocycles. The standard InChI is InChI=1S/C13H13N/c14-12-8-7-10-4-1-3-9-5-2-6-11(12)13(9)10/h1-6,12H,7-8,14H2/t12-/m0/s1. The van der Waals surface area contributed by atoms with Gasteiger partial charge in [-0.1, -0.05) is 36.4 Å². The first-order valence-electron chi connectivity index (χ1n) is 5.12. The Bertz CT molecular complexity index is 482. The molecule has 1 aliphatic rings. The Balaban J connectivity index is 2.46. The van der Waals surface area contributed by atoms with E-state index in [1.54, 1.807) is 0 Å². The van der Waals surface area contributed by atoms with Crippen molar-refractivity contribution in [3.8, 4) is 0 Å². The molecular formula is C13H13N. The average Bonchev–Trinajstić information content (AvgIpc) is 2.24. The van der Waals surface area contributed by atoms with Crippen LogP contribution in [0.25, 0.3) is 10.8 Å². The summed E-state index contributed by atoms with van der Waals surface area (Å²) in [6.07, 6.45) is 2.20. The van der Waals surface area contributed by atoms with Gasteiger partial charge in [-0.15, -0.1) is 0 Å². The zero-order valence-corrected chi connectivity index (χ0v) is 8.03. The minimum Gasteiger partial charge on any atom is -0.324 e. The van der Waals surface area contributed by atoms with Gasteiger partial charge in [-0.2, -0.15) is 0 Å². The minimum atomic E-state index is 0.230. The summed E-state index contributed by atoms with van der Waals surface area (Å²) in [5.41, 5.74) is 8.89. The van der Waals surface area contributed by atoms with Gasteiger partial charge in [0, 0.05) is 6.04 Å². The van der Waals surface area contributed by atoms with Crippen molar-refractivity contribution < 1.29 is 0 Å². The van der Waals surface area contributed by atoms with Gasteiger partial charge in [-0.25, -0.2) is 0 Å². The average molecular weight is 183 g/mol. The smallest absolute Gasteiger partial charge is 0.0304 e. The summed E-state index contributed by atoms with van der Waals surface area (Å²) in [4.78, 5) is 0. The lowest BCUT2D eigenvalue weighted by atomic mass is 9.86. The van der Waals surface area contributed by atoms with Gasteiger partial charge in [0.2, 0.25) is 0 Å². The van der Waals surface area contributed by atoms with Crippen molar-refractivity contribution in [3.05, 3.63) is 47.5 Å². The zero-order chi connectivity index (χ0) is 9.54. The van der Waals surface area contributed by atoms with Crippen LogP contribution in [-0.4, -0.2) is 0 Å². The SMILES string of the molecule is N[C@H]1CCc2cccc3cccc1c23. The summed E-state index contributed by atoms with van der Waals surface area (Å²) in [6, 6.07) is 13.2. The molecule has 0 unspecified atom stereocenters. The highest BCUT2D eigenvalue weighted by Crippen LogP contribution is 2.33. The number of hydrogen-bond acceptors (Lipinski definition) is 1. The molecule has 0 heterocycles. The number of hydrogen-bond donors (Lipinski definition) is 1. The highest BCUT2D eigenvalue weighted by molar-refractivity contribution is 5.90. The Labute approximate surface area is 83.5 Å². The van der Waals surface area contributed by atoms with Gasteiger partial charge in [0.25, 0.3) is 0 Å². The summed E-state index contributed by atoms with van der Waals surface area (Å²) >= 11 is 0. The maximum absolute atomic E-state index is 6.10. The predicted octanol–water partition coefficient (Wildman–Crippen LogP) is 2.79. The Morgan fingerprint density at radius 1 is 1.07 bits per heavy atom. The van der Waals surface area contributed by atoms with Crippen LogP contribution in [0.5, 0.6) is 0 Å². The second kappa shape index (κ2) is 2.82. The van der Waals surface area contributed by atoms with E-state index in [9.17, 15) is 0 Å². The molecule has 0 aromatic heterocycles. The van der Waals surface area contributed by atoms with Crippen molar-refractivity contribution in [2.75, 3.05) is 0 Å². The van der Waals surface area contributed by atoms with Gasteiger partial charge in [0.1, 0.15) is 0 Å². The first-order valence-corrected chi connectivity index (χ1v) is 5.12. The van der Waals surface area contributed by atoms with E-state index < -0.39 is 0 Å². The van der Waals surface area contributed by atoms with Crippen LogP contribution in [0.1, 0.15) is 23.6 Å². The first kappa shape index (κ1) is 8.01. The van der Waals surface area contributed by atoms with E-state index in [1.165, 1.54) is 21.9 Å². The Hall–Kier alpha value is -1.34. The van der Waals surface area contributed by atoms with Gasteiger partial charge < -0.3 is 5.73 Å². The van der Waals surface area contributed by atoms with Crippen molar-refractivity contribution in [2.45, 2.75) is 18.9 Å². The van der Waals surface area contributed by atoms with Crippen LogP contribution in [0.15, 0.2) is 36.4 Å². The molecule has 0 radical (unpaired) electrons. The van der Waals surface area contributed by atoms with E-state index in [1.807, 2.05) is 0 Å². The van der Waals surface area contributed by atoms with E-state index >= 15 is 0 Å². The van der Waals surface area contributed by atoms with Gasteiger partial charge in [0.05, 0.1) is 0 Å². The third-order valence-electron chi connectivity index (χ3n) is 3.15. The van der Waals surface area contributed by atoms with Crippen molar-refractivity contribution >= 4 is 10.8 Å². The van der Waals surface area contributed by atoms with Crippen LogP contribution in [0, 0.1) is 0 Å². The lowest BCUT2D eigenvalue weighted by molar-refractivity contribution is 0.643. The Morgan fingerprint density at radius 3 is 2.71 bits per heavy atom. The highest BCUT2D eigenvalue weighted by Gasteiger charge is 2.17. The molecule has 0 saturated carbocycles. The molecule has 2 aromatic rings. The summed E-state index contributed by atoms with van der Waals surface area (Å²) in [6.45, 7) is 0. The molecular weight excluding hydrogens is 170 g/mol. The maximum Gasteiger partial charge on any atom is 0.0304 e. The molecule has 1 atom stereocenters. The molecule has 0 spiro atoms. The molecule has 14 heavy (non-hydrogen) atoms. The molecule has 70 valence electrons. The fourth-order valence-corrected chi connectivity index (χ4v) is 2.43. The van der Waals surface area contributed by atoms with Crippen LogP contribution in [0.2, 0.25) is 0 Å². The maximum atomic E-state index is 6.10. The third-order valence-corrected chi connectivity index (χ3v) is 3.15. The summed E-state index contributed by atoms with van der Waals surface area (Å²) in [5.74, 6) is 0. The summed E-state index contributed by atoms with van der Waals surface area (Å²) < 4.78 is 0. The van der Waals surface area contributed by atoms with E-state index in [0.29, 0.717) is 0 Å². The fraction of sp³-hybridized carbons (Fsp3) is 0.231. The van der Waals surface area contributed by atoms with E-state index in [0.717, 1.165) is 12.8 Å². The van der Waals surface area contributed by atoms with Crippen LogP contribution in [0.3, 0.4) is 0 Å². The van der Waals surface area contributed by atoms with Crippen LogP contribution < -0.4 is 5.73 Å². The van der Waals surface area contributed by atoms with Gasteiger partial charge in [-0.05, 0) is 34.7 Å². The highest BCUT2D eigenvalue weighted by atomic mass is 14.6. The third kappa shape index (κ3) is 0.992. The normalized spacial score (nSPS) is 19.9. The first-order chi connectivity index (χ1) is 6.86. The van der Waals surface area contributed by atoms with Gasteiger partial charge in [0.15, 0.2) is 0 Å². The van der Waals surface area contributed by atoms with Crippen LogP contribution >= 0.6 is 0 Å². The molecule has 2 N–H and O–H groups in total. The van der Waals surface area contributed by atoms with Crippen LogP contribution in [0.4, 0.5) is 0 Å². The summed E-state index contributed by atoms with van der Waals surface area (Å²) in [7, 11) is 0. The monoisotopic (exact) mass is 183 g/mol. The van der Waals surface area contributed by atoms with Gasteiger partial charge >= 0.3 is 0 Å². The molecule has 0 saturated heterocycles. The molecule has 1 aliphatic carbocycles. The molecule has 3 rings (SSSR count). The van der Waals surface area contributed by atoms with Crippen molar-refractivity contribution in [1.82, 2.24) is 0 Å². The molecule has 1 nitrogen and oxygen atoms in total. The van der Waals surface area contributed by atoms with E-state index in [2.05, 4.69) is 36.4 Å². The number of nitrogens with two attached hydrogens (primary N) is 1. The molecule has 1 heteroatoms. The number of benzene rings is 2. The predicted molar refractivity (Wildman–Crippen MR) is 59.2 cm³/mol. The number of aryl methyl sites for hydroxylation is 1. The van der Waals surface area contributed by atoms with Crippen molar-refractivity contribution in [2.24, 2.45) is 5.73 Å². The second-order valence-corrected chi connectivity index (χ2v) is 4.01. The molecule has 0 bridgehead atoms. The summed E-state index contributed by atoms with van der Waals surface area (Å²) in [5, 5.41) is 2.73. The van der Waals surface area contributed by atoms with Crippen molar-refractivity contribution in [1.29, 1.82) is 0 Å². The fourth-order valence-electron chi connectivity index (χ4n) is 2.43. The lowest BCUT2D eigenvalue weighted by Gasteiger charge is -2.22. The number of rotatable bonds is 0. The topological polar surface area (TPSA) is 26.0 Å². The Kier molecular flexibility index (Phi) is 1.62.